The number of aromatic hydroxyl groups is 1. The second kappa shape index (κ2) is 13.0. The van der Waals surface area contributed by atoms with Crippen LogP contribution in [0, 0.1) is 0 Å². The van der Waals surface area contributed by atoms with E-state index in [0.29, 0.717) is 18.0 Å². The molecule has 1 N–H and O–H groups in total. The minimum atomic E-state index is -0.583. The van der Waals surface area contributed by atoms with E-state index in [0.717, 1.165) is 43.1 Å². The second-order valence-electron chi connectivity index (χ2n) is 7.64. The molecule has 0 spiro atoms. The van der Waals surface area contributed by atoms with Crippen molar-refractivity contribution in [3.05, 3.63) is 43.4 Å². The third-order valence-electron chi connectivity index (χ3n) is 5.27. The van der Waals surface area contributed by atoms with Crippen LogP contribution in [0.4, 0.5) is 5.00 Å². The van der Waals surface area contributed by atoms with Gasteiger partial charge in [-0.2, -0.15) is 0 Å². The Hall–Kier alpha value is -2.68. The van der Waals surface area contributed by atoms with Crippen molar-refractivity contribution in [2.75, 3.05) is 7.11 Å². The summed E-state index contributed by atoms with van der Waals surface area (Å²) in [5, 5.41) is 12.8. The van der Waals surface area contributed by atoms with E-state index in [-0.39, 0.29) is 23.6 Å². The van der Waals surface area contributed by atoms with E-state index >= 15 is 0 Å². The maximum absolute atomic E-state index is 13.0. The van der Waals surface area contributed by atoms with Gasteiger partial charge in [0.1, 0.15) is 10.6 Å². The van der Waals surface area contributed by atoms with Crippen molar-refractivity contribution >= 4 is 28.5 Å². The number of hydrogen-bond donors (Lipinski definition) is 1. The molecule has 2 rings (SSSR count). The van der Waals surface area contributed by atoms with Crippen LogP contribution in [0.1, 0.15) is 81.1 Å². The molecule has 0 aliphatic heterocycles. The molecule has 2 heterocycles. The summed E-state index contributed by atoms with van der Waals surface area (Å²) < 4.78 is 7.17. The fourth-order valence-electron chi connectivity index (χ4n) is 3.38. The zero-order chi connectivity index (χ0) is 23.5. The SMILES string of the molecule is CCCCCCCCn1c(O)c(/C=N/c2sccc2C(=O)OC)c(=O)n(CCCC)c1=O. The first-order chi connectivity index (χ1) is 15.5. The first-order valence-corrected chi connectivity index (χ1v) is 12.1. The summed E-state index contributed by atoms with van der Waals surface area (Å²) in [5.74, 6) is -0.919. The van der Waals surface area contributed by atoms with Crippen LogP contribution >= 0.6 is 11.3 Å². The molecule has 0 aromatic carbocycles. The summed E-state index contributed by atoms with van der Waals surface area (Å²) in [6.45, 7) is 4.74. The maximum Gasteiger partial charge on any atom is 0.340 e. The number of rotatable bonds is 13. The highest BCUT2D eigenvalue weighted by atomic mass is 32.1. The van der Waals surface area contributed by atoms with E-state index in [4.69, 9.17) is 4.74 Å². The smallest absolute Gasteiger partial charge is 0.340 e. The number of ether oxygens (including phenoxy) is 1. The zero-order valence-corrected chi connectivity index (χ0v) is 19.9. The lowest BCUT2D eigenvalue weighted by Crippen LogP contribution is -2.41. The summed E-state index contributed by atoms with van der Waals surface area (Å²) in [4.78, 5) is 42.0. The van der Waals surface area contributed by atoms with E-state index < -0.39 is 17.2 Å². The molecule has 0 aliphatic carbocycles. The lowest BCUT2D eigenvalue weighted by atomic mass is 10.1. The Morgan fingerprint density at radius 1 is 1.06 bits per heavy atom. The molecule has 9 heteroatoms. The van der Waals surface area contributed by atoms with Gasteiger partial charge in [0.05, 0.1) is 12.7 Å². The average Bonchev–Trinajstić information content (AvgIpc) is 3.26. The van der Waals surface area contributed by atoms with Crippen molar-refractivity contribution < 1.29 is 14.6 Å². The van der Waals surface area contributed by atoms with Gasteiger partial charge in [-0.25, -0.2) is 14.6 Å². The molecule has 8 nitrogen and oxygen atoms in total. The molecule has 0 atom stereocenters. The molecule has 0 radical (unpaired) electrons. The summed E-state index contributed by atoms with van der Waals surface area (Å²) in [6, 6.07) is 1.59. The highest BCUT2D eigenvalue weighted by Gasteiger charge is 2.18. The number of esters is 1. The maximum atomic E-state index is 13.0. The minimum Gasteiger partial charge on any atom is -0.494 e. The van der Waals surface area contributed by atoms with Crippen molar-refractivity contribution in [3.8, 4) is 5.88 Å². The van der Waals surface area contributed by atoms with Crippen molar-refractivity contribution in [1.82, 2.24) is 9.13 Å². The fourth-order valence-corrected chi connectivity index (χ4v) is 4.10. The minimum absolute atomic E-state index is 0.0594. The molecule has 0 saturated heterocycles. The van der Waals surface area contributed by atoms with Crippen LogP contribution in [0.2, 0.25) is 0 Å². The van der Waals surface area contributed by atoms with Gasteiger partial charge in [-0.3, -0.25) is 13.9 Å². The number of aromatic nitrogens is 2. The van der Waals surface area contributed by atoms with Gasteiger partial charge in [0.2, 0.25) is 5.88 Å². The molecular formula is C23H33N3O5S. The van der Waals surface area contributed by atoms with Crippen molar-refractivity contribution in [2.45, 2.75) is 78.3 Å². The van der Waals surface area contributed by atoms with Gasteiger partial charge in [-0.15, -0.1) is 11.3 Å². The first-order valence-electron chi connectivity index (χ1n) is 11.2. The molecule has 176 valence electrons. The Balaban J connectivity index is 2.39. The summed E-state index contributed by atoms with van der Waals surface area (Å²) in [5.41, 5.74) is -0.867. The van der Waals surface area contributed by atoms with Crippen LogP contribution in [-0.4, -0.2) is 33.5 Å². The predicted octanol–water partition coefficient (Wildman–Crippen LogP) is 4.47. The Morgan fingerprint density at radius 3 is 2.41 bits per heavy atom. The highest BCUT2D eigenvalue weighted by Crippen LogP contribution is 2.27. The monoisotopic (exact) mass is 463 g/mol. The molecule has 0 unspecified atom stereocenters. The lowest BCUT2D eigenvalue weighted by molar-refractivity contribution is 0.0602. The quantitative estimate of drug-likeness (QED) is 0.268. The predicted molar refractivity (Wildman–Crippen MR) is 128 cm³/mol. The zero-order valence-electron chi connectivity index (χ0n) is 19.1. The first kappa shape index (κ1) is 25.6. The molecular weight excluding hydrogens is 430 g/mol. The van der Waals surface area contributed by atoms with E-state index in [1.165, 1.54) is 35.6 Å². The number of thiophene rings is 1. The number of carbonyl (C=O) groups is 1. The Labute approximate surface area is 192 Å². The molecule has 0 fully saturated rings. The number of aliphatic imine (C=N–C) groups is 1. The van der Waals surface area contributed by atoms with E-state index in [1.807, 2.05) is 6.92 Å². The number of carbonyl (C=O) groups excluding carboxylic acids is 1. The molecule has 0 bridgehead atoms. The normalized spacial score (nSPS) is 11.3. The van der Waals surface area contributed by atoms with Crippen LogP contribution in [0.15, 0.2) is 26.0 Å². The number of unbranched alkanes of at least 4 members (excludes halogenated alkanes) is 6. The van der Waals surface area contributed by atoms with Crippen molar-refractivity contribution in [1.29, 1.82) is 0 Å². The van der Waals surface area contributed by atoms with Crippen LogP contribution in [0.25, 0.3) is 0 Å². The molecule has 2 aromatic rings. The van der Waals surface area contributed by atoms with Crippen LogP contribution < -0.4 is 11.2 Å². The number of methoxy groups -OCH3 is 1. The van der Waals surface area contributed by atoms with Gasteiger partial charge >= 0.3 is 11.7 Å². The van der Waals surface area contributed by atoms with Gasteiger partial charge in [0, 0.05) is 19.3 Å². The van der Waals surface area contributed by atoms with Gasteiger partial charge in [-0.1, -0.05) is 52.4 Å². The van der Waals surface area contributed by atoms with E-state index in [9.17, 15) is 19.5 Å². The van der Waals surface area contributed by atoms with Crippen LogP contribution in [-0.2, 0) is 17.8 Å². The summed E-state index contributed by atoms with van der Waals surface area (Å²) >= 11 is 1.22. The van der Waals surface area contributed by atoms with Gasteiger partial charge in [-0.05, 0) is 24.3 Å². The van der Waals surface area contributed by atoms with Gasteiger partial charge in [0.15, 0.2) is 0 Å². The Morgan fingerprint density at radius 2 is 1.72 bits per heavy atom. The molecule has 0 saturated carbocycles. The second-order valence-corrected chi connectivity index (χ2v) is 8.53. The topological polar surface area (TPSA) is 103 Å². The molecule has 0 aliphatic rings. The number of hydrogen-bond acceptors (Lipinski definition) is 7. The summed E-state index contributed by atoms with van der Waals surface area (Å²) in [6.07, 6.45) is 8.97. The number of nitrogens with zero attached hydrogens (tertiary/aromatic N) is 3. The average molecular weight is 464 g/mol. The Bertz CT molecular complexity index is 1040. The highest BCUT2D eigenvalue weighted by molar-refractivity contribution is 7.14. The van der Waals surface area contributed by atoms with Crippen LogP contribution in [0.3, 0.4) is 0 Å². The van der Waals surface area contributed by atoms with Crippen LogP contribution in [0.5, 0.6) is 5.88 Å². The van der Waals surface area contributed by atoms with Gasteiger partial charge < -0.3 is 9.84 Å². The standard InChI is InChI=1S/C23H33N3O5S/c1-4-6-8-9-10-11-14-26-21(28)18(20(27)25(23(26)30)13-7-5-2)16-24-19-17(12-15-32-19)22(29)31-3/h12,15-16,28H,4-11,13-14H2,1-3H3/b24-16+. The lowest BCUT2D eigenvalue weighted by Gasteiger charge is -2.14. The Kier molecular flexibility index (Phi) is 10.4. The molecule has 0 amide bonds. The van der Waals surface area contributed by atoms with Crippen molar-refractivity contribution in [3.63, 3.8) is 0 Å². The summed E-state index contributed by atoms with van der Waals surface area (Å²) in [7, 11) is 1.28. The van der Waals surface area contributed by atoms with Crippen molar-refractivity contribution in [2.24, 2.45) is 4.99 Å². The van der Waals surface area contributed by atoms with E-state index in [2.05, 4.69) is 11.9 Å². The third kappa shape index (κ3) is 6.41. The third-order valence-corrected chi connectivity index (χ3v) is 6.09. The molecule has 2 aromatic heterocycles. The fraction of sp³-hybridized carbons (Fsp3) is 0.565. The van der Waals surface area contributed by atoms with Gasteiger partial charge in [0.25, 0.3) is 5.56 Å². The van der Waals surface area contributed by atoms with E-state index in [1.54, 1.807) is 11.4 Å². The largest absolute Gasteiger partial charge is 0.494 e. The molecule has 32 heavy (non-hydrogen) atoms.